The van der Waals surface area contributed by atoms with Crippen molar-refractivity contribution in [3.63, 3.8) is 0 Å². The van der Waals surface area contributed by atoms with Gasteiger partial charge in [0.2, 0.25) is 0 Å². The van der Waals surface area contributed by atoms with Gasteiger partial charge in [0.15, 0.2) is 5.06 Å². The van der Waals surface area contributed by atoms with Gasteiger partial charge in [-0.25, -0.2) is 4.79 Å². The molecule has 0 saturated heterocycles. The van der Waals surface area contributed by atoms with Gasteiger partial charge in [-0.1, -0.05) is 83.3 Å². The molecule has 6 heteroatoms. The molecule has 1 heterocycles. The molecule has 3 nitrogen and oxygen atoms in total. The lowest BCUT2D eigenvalue weighted by Gasteiger charge is -2.34. The van der Waals surface area contributed by atoms with Crippen LogP contribution in [0.1, 0.15) is 11.1 Å². The van der Waals surface area contributed by atoms with E-state index in [1.807, 2.05) is 42.5 Å². The summed E-state index contributed by atoms with van der Waals surface area (Å²) in [5, 5.41) is -0.256. The first-order valence-corrected chi connectivity index (χ1v) is 10.2. The Hall–Kier alpha value is -2.04. The number of alkyl halides is 1. The summed E-state index contributed by atoms with van der Waals surface area (Å²) in [4.78, 5) is 12.7. The number of rotatable bonds is 5. The average molecular weight is 448 g/mol. The van der Waals surface area contributed by atoms with E-state index in [9.17, 15) is 4.79 Å². The number of hydrogen-bond donors (Lipinski definition) is 0. The maximum absolute atomic E-state index is 12.7. The molecule has 0 aromatic heterocycles. The van der Waals surface area contributed by atoms with E-state index in [1.165, 1.54) is 0 Å². The second-order valence-corrected chi connectivity index (χ2v) is 8.28. The smallest absolute Gasteiger partial charge is 0.335 e. The van der Waals surface area contributed by atoms with Crippen molar-refractivity contribution in [2.75, 3.05) is 6.61 Å². The fourth-order valence-electron chi connectivity index (χ4n) is 3.46. The summed E-state index contributed by atoms with van der Waals surface area (Å²) in [6.45, 7) is 0.442. The molecule has 2 aromatic rings. The van der Waals surface area contributed by atoms with E-state index in [2.05, 4.69) is 0 Å². The lowest BCUT2D eigenvalue weighted by atomic mass is 9.85. The van der Waals surface area contributed by atoms with Gasteiger partial charge in [0.1, 0.15) is 6.61 Å². The fourth-order valence-corrected chi connectivity index (χ4v) is 4.23. The average Bonchev–Trinajstić information content (AvgIpc) is 3.09. The second kappa shape index (κ2) is 8.37. The molecule has 1 aliphatic heterocycles. The largest absolute Gasteiger partial charge is 0.457 e. The number of benzene rings is 2. The van der Waals surface area contributed by atoms with E-state index in [0.717, 1.165) is 16.7 Å². The Morgan fingerprint density at radius 1 is 1.07 bits per heavy atom. The highest BCUT2D eigenvalue weighted by Crippen LogP contribution is 2.44. The summed E-state index contributed by atoms with van der Waals surface area (Å²) in [7, 11) is 0. The Labute approximate surface area is 184 Å². The zero-order chi connectivity index (χ0) is 20.4. The van der Waals surface area contributed by atoms with Gasteiger partial charge in [0, 0.05) is 15.6 Å². The monoisotopic (exact) mass is 446 g/mol. The molecule has 2 aliphatic rings. The summed E-state index contributed by atoms with van der Waals surface area (Å²) in [5.41, 5.74) is 3.05. The van der Waals surface area contributed by atoms with Gasteiger partial charge in [-0.05, 0) is 35.4 Å². The van der Waals surface area contributed by atoms with E-state index >= 15 is 0 Å². The highest BCUT2D eigenvalue weighted by molar-refractivity contribution is 6.33. The van der Waals surface area contributed by atoms with Gasteiger partial charge < -0.3 is 9.47 Å². The molecule has 2 unspecified atom stereocenters. The minimum absolute atomic E-state index is 0.170. The number of ether oxygens (including phenoxy) is 2. The van der Waals surface area contributed by atoms with Gasteiger partial charge in [0.05, 0.1) is 18.1 Å². The molecular weight excluding hydrogens is 431 g/mol. The van der Waals surface area contributed by atoms with Crippen LogP contribution in [0.2, 0.25) is 5.02 Å². The van der Waals surface area contributed by atoms with E-state index < -0.39 is 16.9 Å². The third-order valence-electron chi connectivity index (χ3n) is 4.91. The Balaban J connectivity index is 1.71. The molecule has 2 atom stereocenters. The number of halogens is 3. The van der Waals surface area contributed by atoms with Gasteiger partial charge in [-0.2, -0.15) is 0 Å². The molecule has 0 spiro atoms. The number of carbonyl (C=O) groups excluding carboxylic acids is 1. The third kappa shape index (κ3) is 4.29. The number of cyclic esters (lactones) is 1. The Bertz CT molecular complexity index is 1010. The Morgan fingerprint density at radius 3 is 2.52 bits per heavy atom. The standard InChI is InChI=1S/C23H17Cl3O3/c24-17-8-6-16(7-9-17)19-14-28-22(27)21(19)20-11-10-18(25)12-23(20,26)29-13-15-4-2-1-3-5-15/h1-12,20H,13-14H2. The quantitative estimate of drug-likeness (QED) is 0.410. The van der Waals surface area contributed by atoms with Crippen LogP contribution in [0.4, 0.5) is 0 Å². The van der Waals surface area contributed by atoms with Gasteiger partial charge in [-0.3, -0.25) is 0 Å². The van der Waals surface area contributed by atoms with Crippen LogP contribution in [-0.4, -0.2) is 17.6 Å². The van der Waals surface area contributed by atoms with E-state index in [4.69, 9.17) is 44.3 Å². The predicted octanol–water partition coefficient (Wildman–Crippen LogP) is 6.11. The van der Waals surface area contributed by atoms with Crippen LogP contribution in [0.25, 0.3) is 5.57 Å². The number of hydrogen-bond acceptors (Lipinski definition) is 3. The van der Waals surface area contributed by atoms with Crippen molar-refractivity contribution >= 4 is 46.3 Å². The summed E-state index contributed by atoms with van der Waals surface area (Å²) < 4.78 is 11.4. The van der Waals surface area contributed by atoms with Crippen molar-refractivity contribution in [3.05, 3.63) is 99.6 Å². The lowest BCUT2D eigenvalue weighted by molar-refractivity contribution is -0.136. The Kier molecular flexibility index (Phi) is 5.84. The zero-order valence-corrected chi connectivity index (χ0v) is 17.5. The van der Waals surface area contributed by atoms with E-state index in [1.54, 1.807) is 30.4 Å². The van der Waals surface area contributed by atoms with Crippen LogP contribution >= 0.6 is 34.8 Å². The van der Waals surface area contributed by atoms with Gasteiger partial charge >= 0.3 is 5.97 Å². The number of carbonyl (C=O) groups is 1. The van der Waals surface area contributed by atoms with Crippen LogP contribution in [0.3, 0.4) is 0 Å². The molecule has 148 valence electrons. The third-order valence-corrected chi connectivity index (χ3v) is 5.85. The molecule has 2 aromatic carbocycles. The summed E-state index contributed by atoms with van der Waals surface area (Å²) >= 11 is 19.1. The minimum Gasteiger partial charge on any atom is -0.457 e. The zero-order valence-electron chi connectivity index (χ0n) is 15.3. The molecular formula is C23H17Cl3O3. The lowest BCUT2D eigenvalue weighted by Crippen LogP contribution is -2.36. The summed E-state index contributed by atoms with van der Waals surface area (Å²) in [6, 6.07) is 16.9. The molecule has 1 aliphatic carbocycles. The van der Waals surface area contributed by atoms with Crippen molar-refractivity contribution in [2.45, 2.75) is 11.7 Å². The Morgan fingerprint density at radius 2 is 1.79 bits per heavy atom. The van der Waals surface area contributed by atoms with Crippen LogP contribution in [0, 0.1) is 5.92 Å². The number of esters is 1. The van der Waals surface area contributed by atoms with Crippen LogP contribution < -0.4 is 0 Å². The topological polar surface area (TPSA) is 35.5 Å². The summed E-state index contributed by atoms with van der Waals surface area (Å²) in [6.07, 6.45) is 5.14. The predicted molar refractivity (Wildman–Crippen MR) is 116 cm³/mol. The van der Waals surface area contributed by atoms with Crippen molar-refractivity contribution in [2.24, 2.45) is 5.92 Å². The first-order chi connectivity index (χ1) is 14.0. The molecule has 29 heavy (non-hydrogen) atoms. The molecule has 0 saturated carbocycles. The van der Waals surface area contributed by atoms with Gasteiger partial charge in [0.25, 0.3) is 0 Å². The SMILES string of the molecule is O=C1OCC(c2ccc(Cl)cc2)=C1C1C=CC(Cl)=CC1(Cl)OCc1ccccc1. The van der Waals surface area contributed by atoms with Gasteiger partial charge in [-0.15, -0.1) is 0 Å². The molecule has 0 radical (unpaired) electrons. The van der Waals surface area contributed by atoms with Crippen LogP contribution in [0.15, 0.2) is 83.4 Å². The maximum Gasteiger partial charge on any atom is 0.335 e. The number of allylic oxidation sites excluding steroid dienone is 2. The van der Waals surface area contributed by atoms with Crippen LogP contribution in [0.5, 0.6) is 0 Å². The van der Waals surface area contributed by atoms with Crippen molar-refractivity contribution < 1.29 is 14.3 Å². The molecule has 4 rings (SSSR count). The highest BCUT2D eigenvalue weighted by Gasteiger charge is 2.45. The van der Waals surface area contributed by atoms with Crippen molar-refractivity contribution in [1.82, 2.24) is 0 Å². The van der Waals surface area contributed by atoms with Crippen molar-refractivity contribution in [3.8, 4) is 0 Å². The van der Waals surface area contributed by atoms with E-state index in [0.29, 0.717) is 15.6 Å². The molecule has 0 fully saturated rings. The first-order valence-electron chi connectivity index (χ1n) is 9.06. The minimum atomic E-state index is -1.32. The maximum atomic E-state index is 12.7. The normalized spacial score (nSPS) is 23.9. The highest BCUT2D eigenvalue weighted by atomic mass is 35.5. The second-order valence-electron chi connectivity index (χ2n) is 6.81. The van der Waals surface area contributed by atoms with Crippen molar-refractivity contribution in [1.29, 1.82) is 0 Å². The van der Waals surface area contributed by atoms with Crippen LogP contribution in [-0.2, 0) is 20.9 Å². The molecule has 0 bridgehead atoms. The molecule has 0 amide bonds. The first kappa shape index (κ1) is 20.2. The summed E-state index contributed by atoms with van der Waals surface area (Å²) in [5.74, 6) is -0.972. The molecule has 0 N–H and O–H groups in total. The van der Waals surface area contributed by atoms with E-state index in [-0.39, 0.29) is 13.2 Å². The fraction of sp³-hybridized carbons (Fsp3) is 0.174.